The summed E-state index contributed by atoms with van der Waals surface area (Å²) in [6.45, 7) is 1.52. The number of benzene rings is 1. The number of anilines is 1. The minimum absolute atomic E-state index is 0.111. The minimum atomic E-state index is -3.41. The first-order valence-electron chi connectivity index (χ1n) is 13.4. The highest BCUT2D eigenvalue weighted by Gasteiger charge is 2.31. The largest absolute Gasteiger partial charge is 0.480 e. The number of hydrogen-bond donors (Lipinski definition) is 5. The molecule has 0 spiro atoms. The van der Waals surface area contributed by atoms with E-state index < -0.39 is 84.5 Å². The van der Waals surface area contributed by atoms with Crippen molar-refractivity contribution in [1.29, 1.82) is 0 Å². The first-order valence-corrected chi connectivity index (χ1v) is 15.1. The van der Waals surface area contributed by atoms with E-state index >= 15 is 0 Å². The SMILES string of the molecule is C=CS(=O)(=O)CCN(C)c1ccc(C[C@H](CN(CC(=O)O)CC(=O)O)N(CC(=O)O)[C@@H](C)CN(CC(=O)O)CC(=O)O)cc1. The van der Waals surface area contributed by atoms with Crippen molar-refractivity contribution >= 4 is 45.4 Å². The lowest BCUT2D eigenvalue weighted by Gasteiger charge is -2.39. The molecule has 5 N–H and O–H groups in total. The van der Waals surface area contributed by atoms with Crippen molar-refractivity contribution in [3.8, 4) is 0 Å². The molecule has 0 aliphatic rings. The lowest BCUT2D eigenvalue weighted by Crippen LogP contribution is -2.55. The quantitative estimate of drug-likeness (QED) is 0.0991. The Bertz CT molecular complexity index is 1240. The number of carbonyl (C=O) groups is 5. The average Bonchev–Trinajstić information content (AvgIpc) is 2.88. The van der Waals surface area contributed by atoms with Crippen LogP contribution in [0.5, 0.6) is 0 Å². The molecule has 0 aliphatic carbocycles. The van der Waals surface area contributed by atoms with Gasteiger partial charge in [-0.1, -0.05) is 18.7 Å². The molecule has 0 radical (unpaired) electrons. The van der Waals surface area contributed by atoms with Gasteiger partial charge in [0, 0.05) is 49.9 Å². The van der Waals surface area contributed by atoms with Gasteiger partial charge in [-0.25, -0.2) is 8.42 Å². The summed E-state index contributed by atoms with van der Waals surface area (Å²) in [5.74, 6) is -6.60. The maximum Gasteiger partial charge on any atom is 0.317 e. The Morgan fingerprint density at radius 1 is 0.773 bits per heavy atom. The second kappa shape index (κ2) is 17.9. The van der Waals surface area contributed by atoms with Crippen LogP contribution in [0.15, 0.2) is 36.3 Å². The molecular formula is C27H40N4O12S. The van der Waals surface area contributed by atoms with Crippen LogP contribution >= 0.6 is 0 Å². The molecule has 0 heterocycles. The van der Waals surface area contributed by atoms with Crippen LogP contribution in [-0.4, -0.2) is 156 Å². The van der Waals surface area contributed by atoms with Gasteiger partial charge in [0.2, 0.25) is 0 Å². The van der Waals surface area contributed by atoms with Crippen LogP contribution in [0, 0.1) is 0 Å². The molecule has 2 atom stereocenters. The number of carboxylic acids is 5. The van der Waals surface area contributed by atoms with Gasteiger partial charge in [-0.2, -0.15) is 0 Å². The maximum absolute atomic E-state index is 11.9. The molecule has 246 valence electrons. The Labute approximate surface area is 255 Å². The maximum atomic E-state index is 11.9. The highest BCUT2D eigenvalue weighted by molar-refractivity contribution is 7.94. The van der Waals surface area contributed by atoms with E-state index in [2.05, 4.69) is 6.58 Å². The molecule has 1 rings (SSSR count). The van der Waals surface area contributed by atoms with E-state index in [1.54, 1.807) is 43.1 Å². The number of sulfone groups is 1. The average molecular weight is 645 g/mol. The standard InChI is InChI=1S/C27H40N4O12S/c1-4-44(42,43)10-9-28(3)21-7-5-20(6-8-21)11-22(13-30(16-25(36)37)17-26(38)39)31(18-27(40)41)19(2)12-29(14-23(32)33)15-24(34)35/h4-8,19,22H,1,9-18H2,2-3H3,(H,32,33)(H,34,35)(H,36,37)(H,38,39)(H,40,41)/t19-,22+/m0/s1. The highest BCUT2D eigenvalue weighted by atomic mass is 32.2. The van der Waals surface area contributed by atoms with Crippen molar-refractivity contribution in [1.82, 2.24) is 14.7 Å². The summed E-state index contributed by atoms with van der Waals surface area (Å²) >= 11 is 0. The van der Waals surface area contributed by atoms with Crippen LogP contribution in [0.3, 0.4) is 0 Å². The Morgan fingerprint density at radius 2 is 1.20 bits per heavy atom. The fraction of sp³-hybridized carbons (Fsp3) is 0.519. The normalized spacial score (nSPS) is 13.0. The van der Waals surface area contributed by atoms with Gasteiger partial charge in [0.25, 0.3) is 0 Å². The van der Waals surface area contributed by atoms with E-state index in [0.29, 0.717) is 11.3 Å². The van der Waals surface area contributed by atoms with Crippen molar-refractivity contribution in [3.63, 3.8) is 0 Å². The van der Waals surface area contributed by atoms with Crippen molar-refractivity contribution in [2.75, 3.05) is 70.1 Å². The summed E-state index contributed by atoms with van der Waals surface area (Å²) in [6, 6.07) is 5.28. The molecule has 17 heteroatoms. The molecule has 0 saturated carbocycles. The molecule has 44 heavy (non-hydrogen) atoms. The van der Waals surface area contributed by atoms with Crippen molar-refractivity contribution in [2.45, 2.75) is 25.4 Å². The molecule has 0 aliphatic heterocycles. The molecular weight excluding hydrogens is 604 g/mol. The van der Waals surface area contributed by atoms with Crippen LogP contribution in [-0.2, 0) is 40.2 Å². The molecule has 0 saturated heterocycles. The van der Waals surface area contributed by atoms with Crippen LogP contribution in [0.4, 0.5) is 5.69 Å². The van der Waals surface area contributed by atoms with Gasteiger partial charge in [0.05, 0.1) is 38.5 Å². The summed E-state index contributed by atoms with van der Waals surface area (Å²) in [4.78, 5) is 63.0. The first kappa shape index (κ1) is 38.0. The third-order valence-corrected chi connectivity index (χ3v) is 7.85. The number of carboxylic acid groups (broad SMARTS) is 5. The third kappa shape index (κ3) is 14.9. The second-order valence-electron chi connectivity index (χ2n) is 10.3. The number of rotatable bonds is 23. The Hall–Kier alpha value is -4.06. The third-order valence-electron chi connectivity index (χ3n) is 6.59. The smallest absolute Gasteiger partial charge is 0.317 e. The van der Waals surface area contributed by atoms with Crippen LogP contribution in [0.1, 0.15) is 12.5 Å². The zero-order valence-electron chi connectivity index (χ0n) is 24.6. The summed E-state index contributed by atoms with van der Waals surface area (Å²) in [5.41, 5.74) is 1.34. The predicted octanol–water partition coefficient (Wildman–Crippen LogP) is -0.690. The highest BCUT2D eigenvalue weighted by Crippen LogP contribution is 2.19. The van der Waals surface area contributed by atoms with Crippen molar-refractivity contribution in [2.24, 2.45) is 0 Å². The lowest BCUT2D eigenvalue weighted by atomic mass is 10.0. The van der Waals surface area contributed by atoms with Crippen molar-refractivity contribution < 1.29 is 57.9 Å². The molecule has 0 unspecified atom stereocenters. The van der Waals surface area contributed by atoms with Gasteiger partial charge >= 0.3 is 29.8 Å². The van der Waals surface area contributed by atoms with Gasteiger partial charge in [-0.15, -0.1) is 0 Å². The van der Waals surface area contributed by atoms with Crippen LogP contribution < -0.4 is 4.90 Å². The van der Waals surface area contributed by atoms with Gasteiger partial charge in [0.15, 0.2) is 9.84 Å². The van der Waals surface area contributed by atoms with Crippen LogP contribution in [0.2, 0.25) is 0 Å². The molecule has 0 amide bonds. The van der Waals surface area contributed by atoms with E-state index in [1.165, 1.54) is 4.90 Å². The summed E-state index contributed by atoms with van der Waals surface area (Å²) < 4.78 is 23.5. The van der Waals surface area contributed by atoms with Gasteiger partial charge in [-0.3, -0.25) is 38.7 Å². The van der Waals surface area contributed by atoms with E-state index in [0.717, 1.165) is 15.2 Å². The monoisotopic (exact) mass is 644 g/mol. The number of hydrogen-bond acceptors (Lipinski definition) is 11. The fourth-order valence-corrected chi connectivity index (χ4v) is 5.33. The van der Waals surface area contributed by atoms with Gasteiger partial charge in [0.1, 0.15) is 0 Å². The minimum Gasteiger partial charge on any atom is -0.480 e. The zero-order valence-corrected chi connectivity index (χ0v) is 25.4. The molecule has 16 nitrogen and oxygen atoms in total. The van der Waals surface area contributed by atoms with E-state index in [1.807, 2.05) is 0 Å². The molecule has 1 aromatic carbocycles. The van der Waals surface area contributed by atoms with Gasteiger partial charge in [-0.05, 0) is 31.0 Å². The number of aliphatic carboxylic acids is 5. The second-order valence-corrected chi connectivity index (χ2v) is 12.4. The first-order chi connectivity index (χ1) is 20.4. The predicted molar refractivity (Wildman–Crippen MR) is 158 cm³/mol. The summed E-state index contributed by atoms with van der Waals surface area (Å²) in [7, 11) is -1.72. The fourth-order valence-electron chi connectivity index (χ4n) is 4.63. The number of nitrogens with zero attached hydrogens (tertiary/aromatic N) is 4. The Kier molecular flexibility index (Phi) is 15.5. The van der Waals surface area contributed by atoms with E-state index in [4.69, 9.17) is 0 Å². The topological polar surface area (TPSA) is 234 Å². The molecule has 1 aromatic rings. The van der Waals surface area contributed by atoms with E-state index in [-0.39, 0.29) is 31.8 Å². The summed E-state index contributed by atoms with van der Waals surface area (Å²) in [6.07, 6.45) is 0.111. The lowest BCUT2D eigenvalue weighted by molar-refractivity contribution is -0.144. The molecule has 0 aromatic heterocycles. The molecule has 0 fully saturated rings. The van der Waals surface area contributed by atoms with Gasteiger partial charge < -0.3 is 30.4 Å². The Balaban J connectivity index is 3.42. The van der Waals surface area contributed by atoms with Crippen LogP contribution in [0.25, 0.3) is 0 Å². The van der Waals surface area contributed by atoms with E-state index in [9.17, 15) is 57.9 Å². The zero-order chi connectivity index (χ0) is 33.6. The Morgan fingerprint density at radius 3 is 1.61 bits per heavy atom. The molecule has 0 bridgehead atoms. The summed E-state index contributed by atoms with van der Waals surface area (Å²) in [5, 5.41) is 47.8. The van der Waals surface area contributed by atoms with Crippen molar-refractivity contribution in [3.05, 3.63) is 41.8 Å².